The van der Waals surface area contributed by atoms with E-state index in [9.17, 15) is 0 Å². The van der Waals surface area contributed by atoms with E-state index in [1.807, 2.05) is 18.2 Å². The first-order chi connectivity index (χ1) is 18.3. The highest BCUT2D eigenvalue weighted by Gasteiger charge is 2.27. The number of anilines is 2. The number of nitrogens with one attached hydrogen (secondary N) is 2. The molecule has 0 saturated carbocycles. The zero-order valence-electron chi connectivity index (χ0n) is 22.5. The number of piperidine rings is 1. The minimum absolute atomic E-state index is 0.360. The topological polar surface area (TPSA) is 90.9 Å². The van der Waals surface area contributed by atoms with Crippen molar-refractivity contribution in [1.82, 2.24) is 15.3 Å². The number of fused-ring (bicyclic) bond motifs is 1. The van der Waals surface area contributed by atoms with Gasteiger partial charge in [-0.1, -0.05) is 43.8 Å². The summed E-state index contributed by atoms with van der Waals surface area (Å²) in [4.78, 5) is 13.7. The SMILES string of the molecule is C=C(NC(C)(C)c1cc2nc(-c3cccc(N)c3C=N)nc(N3CCCCC3)c2s1)c1cccc(CC)c1. The number of aromatic nitrogens is 2. The van der Waals surface area contributed by atoms with Crippen molar-refractivity contribution < 1.29 is 0 Å². The van der Waals surface area contributed by atoms with Crippen LogP contribution in [-0.2, 0) is 12.0 Å². The molecule has 0 spiro atoms. The van der Waals surface area contributed by atoms with Gasteiger partial charge in [0.15, 0.2) is 11.6 Å². The predicted molar refractivity (Wildman–Crippen MR) is 162 cm³/mol. The molecule has 196 valence electrons. The third kappa shape index (κ3) is 5.03. The second-order valence-electron chi connectivity index (χ2n) is 10.5. The average molecular weight is 525 g/mol. The lowest BCUT2D eigenvalue weighted by atomic mass is 10.00. The molecule has 0 atom stereocenters. The molecule has 5 rings (SSSR count). The fourth-order valence-corrected chi connectivity index (χ4v) is 6.26. The van der Waals surface area contributed by atoms with Crippen LogP contribution in [0.25, 0.3) is 27.3 Å². The van der Waals surface area contributed by atoms with Gasteiger partial charge in [0.1, 0.15) is 0 Å². The van der Waals surface area contributed by atoms with E-state index >= 15 is 0 Å². The summed E-state index contributed by atoms with van der Waals surface area (Å²) in [6, 6.07) is 16.4. The second-order valence-corrected chi connectivity index (χ2v) is 11.5. The highest BCUT2D eigenvalue weighted by molar-refractivity contribution is 7.19. The van der Waals surface area contributed by atoms with Gasteiger partial charge in [-0.2, -0.15) is 0 Å². The average Bonchev–Trinajstić information content (AvgIpc) is 3.38. The van der Waals surface area contributed by atoms with Gasteiger partial charge in [0.05, 0.1) is 15.8 Å². The van der Waals surface area contributed by atoms with Crippen LogP contribution in [0.2, 0.25) is 0 Å². The van der Waals surface area contributed by atoms with Crippen molar-refractivity contribution >= 4 is 45.0 Å². The van der Waals surface area contributed by atoms with Crippen molar-refractivity contribution in [2.45, 2.75) is 52.0 Å². The van der Waals surface area contributed by atoms with Gasteiger partial charge in [-0.15, -0.1) is 11.3 Å². The Balaban J connectivity index is 1.58. The molecule has 38 heavy (non-hydrogen) atoms. The van der Waals surface area contributed by atoms with Gasteiger partial charge in [0.2, 0.25) is 0 Å². The molecular formula is C31H36N6S. The smallest absolute Gasteiger partial charge is 0.162 e. The highest BCUT2D eigenvalue weighted by Crippen LogP contribution is 2.40. The summed E-state index contributed by atoms with van der Waals surface area (Å²) >= 11 is 1.75. The van der Waals surface area contributed by atoms with E-state index in [1.54, 1.807) is 11.3 Å². The van der Waals surface area contributed by atoms with Gasteiger partial charge in [0.25, 0.3) is 0 Å². The second kappa shape index (κ2) is 10.6. The van der Waals surface area contributed by atoms with Gasteiger partial charge in [0, 0.05) is 46.7 Å². The number of benzene rings is 2. The monoisotopic (exact) mass is 524 g/mol. The summed E-state index contributed by atoms with van der Waals surface area (Å²) in [7, 11) is 0. The number of aryl methyl sites for hydroxylation is 1. The van der Waals surface area contributed by atoms with E-state index < -0.39 is 0 Å². The van der Waals surface area contributed by atoms with E-state index in [4.69, 9.17) is 21.1 Å². The van der Waals surface area contributed by atoms with Crippen molar-refractivity contribution in [2.24, 2.45) is 0 Å². The molecule has 0 amide bonds. The molecule has 0 unspecified atom stereocenters. The van der Waals surface area contributed by atoms with Crippen LogP contribution in [0.1, 0.15) is 61.6 Å². The number of nitrogens with two attached hydrogens (primary N) is 1. The molecule has 1 aliphatic rings. The van der Waals surface area contributed by atoms with Crippen LogP contribution in [0.5, 0.6) is 0 Å². The van der Waals surface area contributed by atoms with Crippen LogP contribution < -0.4 is 16.0 Å². The first-order valence-corrected chi connectivity index (χ1v) is 14.1. The fraction of sp³-hybridized carbons (Fsp3) is 0.323. The Morgan fingerprint density at radius 3 is 2.63 bits per heavy atom. The van der Waals surface area contributed by atoms with Crippen LogP contribution in [0.3, 0.4) is 0 Å². The van der Waals surface area contributed by atoms with Gasteiger partial charge in [-0.3, -0.25) is 0 Å². The molecule has 2 aromatic heterocycles. The standard InChI is InChI=1S/C31H36N6S/c1-5-21-11-9-12-22(17-21)20(2)36-31(3,4)27-18-26-28(38-27)30(37-15-7-6-8-16-37)35-29(34-26)23-13-10-14-25(33)24(23)19-32/h9-14,17-19,32,36H,2,5-8,15-16,33H2,1,3-4H3. The molecular weight excluding hydrogens is 488 g/mol. The Morgan fingerprint density at radius 1 is 1.13 bits per heavy atom. The molecule has 1 aliphatic heterocycles. The summed E-state index contributed by atoms with van der Waals surface area (Å²) in [5, 5.41) is 11.6. The first-order valence-electron chi connectivity index (χ1n) is 13.3. The Bertz CT molecular complexity index is 1500. The molecule has 1 saturated heterocycles. The lowest BCUT2D eigenvalue weighted by molar-refractivity contribution is 0.487. The fourth-order valence-electron chi connectivity index (χ4n) is 5.09. The van der Waals surface area contributed by atoms with Crippen molar-refractivity contribution in [3.8, 4) is 11.4 Å². The van der Waals surface area contributed by atoms with E-state index in [2.05, 4.69) is 67.9 Å². The van der Waals surface area contributed by atoms with Crippen LogP contribution >= 0.6 is 11.3 Å². The van der Waals surface area contributed by atoms with E-state index in [0.717, 1.165) is 65.2 Å². The van der Waals surface area contributed by atoms with E-state index in [-0.39, 0.29) is 5.54 Å². The van der Waals surface area contributed by atoms with Crippen LogP contribution in [0.4, 0.5) is 11.5 Å². The van der Waals surface area contributed by atoms with Gasteiger partial charge >= 0.3 is 0 Å². The number of rotatable bonds is 8. The molecule has 0 bridgehead atoms. The maximum absolute atomic E-state index is 7.95. The van der Waals surface area contributed by atoms with Crippen LogP contribution in [-0.4, -0.2) is 29.3 Å². The number of nitrogen functional groups attached to an aromatic ring is 1. The van der Waals surface area contributed by atoms with Crippen molar-refractivity contribution in [1.29, 1.82) is 5.41 Å². The minimum Gasteiger partial charge on any atom is -0.398 e. The molecule has 2 aromatic carbocycles. The lowest BCUT2D eigenvalue weighted by Gasteiger charge is -2.29. The molecule has 4 aromatic rings. The number of hydrogen-bond acceptors (Lipinski definition) is 7. The van der Waals surface area contributed by atoms with Crippen molar-refractivity contribution in [3.05, 3.63) is 76.7 Å². The molecule has 4 N–H and O–H groups in total. The summed E-state index contributed by atoms with van der Waals surface area (Å²) in [6.45, 7) is 12.9. The third-order valence-electron chi connectivity index (χ3n) is 7.30. The summed E-state index contributed by atoms with van der Waals surface area (Å²) in [5.74, 6) is 1.59. The van der Waals surface area contributed by atoms with E-state index in [0.29, 0.717) is 17.1 Å². The molecule has 3 heterocycles. The van der Waals surface area contributed by atoms with Crippen LogP contribution in [0.15, 0.2) is 55.1 Å². The number of hydrogen-bond donors (Lipinski definition) is 3. The number of thiophene rings is 1. The summed E-state index contributed by atoms with van der Waals surface area (Å²) in [6.07, 6.45) is 5.86. The molecule has 1 fully saturated rings. The zero-order chi connectivity index (χ0) is 26.9. The summed E-state index contributed by atoms with van der Waals surface area (Å²) in [5.41, 5.74) is 12.1. The Hall–Kier alpha value is -3.71. The zero-order valence-corrected chi connectivity index (χ0v) is 23.3. The summed E-state index contributed by atoms with van der Waals surface area (Å²) < 4.78 is 1.10. The van der Waals surface area contributed by atoms with Crippen molar-refractivity contribution in [2.75, 3.05) is 23.7 Å². The largest absolute Gasteiger partial charge is 0.398 e. The maximum atomic E-state index is 7.95. The normalized spacial score (nSPS) is 14.0. The van der Waals surface area contributed by atoms with Crippen molar-refractivity contribution in [3.63, 3.8) is 0 Å². The quantitative estimate of drug-likeness (QED) is 0.171. The molecule has 6 nitrogen and oxygen atoms in total. The maximum Gasteiger partial charge on any atom is 0.162 e. The van der Waals surface area contributed by atoms with E-state index in [1.165, 1.54) is 23.1 Å². The number of nitrogens with zero attached hydrogens (tertiary/aromatic N) is 3. The molecule has 7 heteroatoms. The predicted octanol–water partition coefficient (Wildman–Crippen LogP) is 6.99. The van der Waals surface area contributed by atoms with Gasteiger partial charge in [-0.05, 0) is 68.9 Å². The first kappa shape index (κ1) is 25.9. The highest BCUT2D eigenvalue weighted by atomic mass is 32.1. The Kier molecular flexibility index (Phi) is 7.21. The van der Waals surface area contributed by atoms with Gasteiger partial charge < -0.3 is 21.4 Å². The lowest BCUT2D eigenvalue weighted by Crippen LogP contribution is -2.34. The van der Waals surface area contributed by atoms with Gasteiger partial charge in [-0.25, -0.2) is 9.97 Å². The minimum atomic E-state index is -0.360. The van der Waals surface area contributed by atoms with Crippen LogP contribution in [0, 0.1) is 5.41 Å². The Labute approximate surface area is 229 Å². The molecule has 0 aliphatic carbocycles. The Morgan fingerprint density at radius 2 is 1.89 bits per heavy atom. The third-order valence-corrected chi connectivity index (χ3v) is 8.74. The molecule has 0 radical (unpaired) electrons.